The van der Waals surface area contributed by atoms with E-state index in [1.807, 2.05) is 19.1 Å². The van der Waals surface area contributed by atoms with Gasteiger partial charge >= 0.3 is 5.97 Å². The number of hydrogen-bond donors (Lipinski definition) is 2. The summed E-state index contributed by atoms with van der Waals surface area (Å²) in [7, 11) is 0. The standard InChI is InChI=1S/C14H16N2O4/c1-9-4-2-3-5-11(9)20-13(18)8-15-14(19)10-6-7-12(17)16-10/h2-5,10H,6-8H2,1H3,(H,15,19)(H,16,17). The maximum absolute atomic E-state index is 11.7. The van der Waals surface area contributed by atoms with Crippen molar-refractivity contribution in [2.24, 2.45) is 0 Å². The predicted octanol–water partition coefficient (Wildman–Crippen LogP) is 0.295. The molecule has 106 valence electrons. The second kappa shape index (κ2) is 6.18. The number of nitrogens with one attached hydrogen (secondary N) is 2. The molecule has 2 amide bonds. The SMILES string of the molecule is Cc1ccccc1OC(=O)CNC(=O)C1CCC(=O)N1. The number of aryl methyl sites for hydroxylation is 1. The van der Waals surface area contributed by atoms with Crippen LogP contribution in [0.25, 0.3) is 0 Å². The number of rotatable bonds is 4. The molecule has 0 aliphatic carbocycles. The minimum Gasteiger partial charge on any atom is -0.425 e. The van der Waals surface area contributed by atoms with Gasteiger partial charge in [0.05, 0.1) is 0 Å². The molecule has 1 aromatic rings. The minimum absolute atomic E-state index is 0.146. The van der Waals surface area contributed by atoms with E-state index in [2.05, 4.69) is 10.6 Å². The zero-order chi connectivity index (χ0) is 14.5. The molecule has 0 aromatic heterocycles. The molecule has 0 saturated carbocycles. The van der Waals surface area contributed by atoms with Crippen molar-refractivity contribution in [1.29, 1.82) is 0 Å². The summed E-state index contributed by atoms with van der Waals surface area (Å²) in [5.74, 6) is -0.580. The topological polar surface area (TPSA) is 84.5 Å². The maximum atomic E-state index is 11.7. The first kappa shape index (κ1) is 14.0. The van der Waals surface area contributed by atoms with Crippen molar-refractivity contribution in [2.45, 2.75) is 25.8 Å². The van der Waals surface area contributed by atoms with Gasteiger partial charge in [0.1, 0.15) is 18.3 Å². The lowest BCUT2D eigenvalue weighted by molar-refractivity contribution is -0.136. The van der Waals surface area contributed by atoms with Crippen LogP contribution in [0, 0.1) is 6.92 Å². The summed E-state index contributed by atoms with van der Waals surface area (Å²) in [4.78, 5) is 34.3. The molecule has 20 heavy (non-hydrogen) atoms. The van der Waals surface area contributed by atoms with Gasteiger partial charge in [-0.2, -0.15) is 0 Å². The summed E-state index contributed by atoms with van der Waals surface area (Å²) in [5, 5.41) is 4.99. The number of hydrogen-bond acceptors (Lipinski definition) is 4. The third kappa shape index (κ3) is 3.57. The van der Waals surface area contributed by atoms with Gasteiger partial charge in [0, 0.05) is 6.42 Å². The fourth-order valence-corrected chi connectivity index (χ4v) is 1.92. The highest BCUT2D eigenvalue weighted by Gasteiger charge is 2.27. The van der Waals surface area contributed by atoms with Crippen molar-refractivity contribution < 1.29 is 19.1 Å². The summed E-state index contributed by atoms with van der Waals surface area (Å²) in [6, 6.07) is 6.58. The Balaban J connectivity index is 1.79. The van der Waals surface area contributed by atoms with Crippen molar-refractivity contribution in [1.82, 2.24) is 10.6 Å². The van der Waals surface area contributed by atoms with Gasteiger partial charge in [0.25, 0.3) is 0 Å². The highest BCUT2D eigenvalue weighted by atomic mass is 16.5. The normalized spacial score (nSPS) is 17.4. The molecule has 1 atom stereocenters. The van der Waals surface area contributed by atoms with Crippen molar-refractivity contribution >= 4 is 17.8 Å². The Hall–Kier alpha value is -2.37. The smallest absolute Gasteiger partial charge is 0.330 e. The molecule has 1 unspecified atom stereocenters. The molecule has 1 heterocycles. The molecule has 2 rings (SSSR count). The number of esters is 1. The molecule has 1 fully saturated rings. The molecule has 1 aromatic carbocycles. The Morgan fingerprint density at radius 1 is 1.40 bits per heavy atom. The van der Waals surface area contributed by atoms with Gasteiger partial charge in [-0.25, -0.2) is 4.79 Å². The molecule has 1 aliphatic heterocycles. The van der Waals surface area contributed by atoms with Crippen LogP contribution in [0.3, 0.4) is 0 Å². The highest BCUT2D eigenvalue weighted by molar-refractivity contribution is 5.92. The molecule has 1 aliphatic rings. The zero-order valence-electron chi connectivity index (χ0n) is 11.1. The van der Waals surface area contributed by atoms with E-state index in [4.69, 9.17) is 4.74 Å². The largest absolute Gasteiger partial charge is 0.425 e. The summed E-state index contributed by atoms with van der Waals surface area (Å²) in [5.41, 5.74) is 0.843. The summed E-state index contributed by atoms with van der Waals surface area (Å²) >= 11 is 0. The van der Waals surface area contributed by atoms with Crippen LogP contribution in [0.15, 0.2) is 24.3 Å². The second-order valence-electron chi connectivity index (χ2n) is 4.62. The average Bonchev–Trinajstić information content (AvgIpc) is 2.85. The first-order chi connectivity index (χ1) is 9.56. The van der Waals surface area contributed by atoms with Crippen molar-refractivity contribution in [3.8, 4) is 5.75 Å². The number of benzene rings is 1. The molecule has 1 saturated heterocycles. The highest BCUT2D eigenvalue weighted by Crippen LogP contribution is 2.16. The van der Waals surface area contributed by atoms with Crippen LogP contribution >= 0.6 is 0 Å². The number of ether oxygens (including phenoxy) is 1. The molecule has 0 radical (unpaired) electrons. The Labute approximate surface area is 116 Å². The van der Waals surface area contributed by atoms with Crippen molar-refractivity contribution in [2.75, 3.05) is 6.54 Å². The lowest BCUT2D eigenvalue weighted by Gasteiger charge is -2.11. The number of carbonyl (C=O) groups is 3. The number of carbonyl (C=O) groups excluding carboxylic acids is 3. The maximum Gasteiger partial charge on any atom is 0.330 e. The fourth-order valence-electron chi connectivity index (χ4n) is 1.92. The Morgan fingerprint density at radius 3 is 2.80 bits per heavy atom. The van der Waals surface area contributed by atoms with Gasteiger partial charge in [-0.05, 0) is 25.0 Å². The van der Waals surface area contributed by atoms with Crippen LogP contribution in [0.2, 0.25) is 0 Å². The Morgan fingerprint density at radius 2 is 2.15 bits per heavy atom. The molecule has 0 bridgehead atoms. The van der Waals surface area contributed by atoms with Crippen LogP contribution in [0.5, 0.6) is 5.75 Å². The first-order valence-corrected chi connectivity index (χ1v) is 6.39. The van der Waals surface area contributed by atoms with E-state index < -0.39 is 12.0 Å². The molecular formula is C14H16N2O4. The van der Waals surface area contributed by atoms with E-state index in [0.29, 0.717) is 18.6 Å². The van der Waals surface area contributed by atoms with Crippen molar-refractivity contribution in [3.63, 3.8) is 0 Å². The van der Waals surface area contributed by atoms with Crippen molar-refractivity contribution in [3.05, 3.63) is 29.8 Å². The van der Waals surface area contributed by atoms with Crippen LogP contribution in [-0.4, -0.2) is 30.4 Å². The Kier molecular flexibility index (Phi) is 4.34. The predicted molar refractivity (Wildman–Crippen MR) is 71.0 cm³/mol. The molecule has 2 N–H and O–H groups in total. The first-order valence-electron chi connectivity index (χ1n) is 6.39. The third-order valence-corrected chi connectivity index (χ3v) is 3.04. The van der Waals surface area contributed by atoms with E-state index >= 15 is 0 Å². The lowest BCUT2D eigenvalue weighted by Crippen LogP contribution is -2.44. The van der Waals surface area contributed by atoms with Gasteiger partial charge in [-0.1, -0.05) is 18.2 Å². The molecule has 6 nitrogen and oxygen atoms in total. The zero-order valence-corrected chi connectivity index (χ0v) is 11.1. The van der Waals surface area contributed by atoms with E-state index in [1.165, 1.54) is 0 Å². The lowest BCUT2D eigenvalue weighted by atomic mass is 10.2. The molecule has 6 heteroatoms. The van der Waals surface area contributed by atoms with E-state index in [0.717, 1.165) is 5.56 Å². The fraction of sp³-hybridized carbons (Fsp3) is 0.357. The third-order valence-electron chi connectivity index (χ3n) is 3.04. The minimum atomic E-state index is -0.547. The second-order valence-corrected chi connectivity index (χ2v) is 4.62. The van der Waals surface area contributed by atoms with Gasteiger partial charge in [0.15, 0.2) is 0 Å². The quantitative estimate of drug-likeness (QED) is 0.611. The summed E-state index contributed by atoms with van der Waals surface area (Å²) in [6.07, 6.45) is 0.795. The van der Waals surface area contributed by atoms with Gasteiger partial charge < -0.3 is 15.4 Å². The van der Waals surface area contributed by atoms with E-state index in [-0.39, 0.29) is 18.4 Å². The van der Waals surface area contributed by atoms with Crippen LogP contribution in [-0.2, 0) is 14.4 Å². The number of amides is 2. The van der Waals surface area contributed by atoms with Gasteiger partial charge in [-0.15, -0.1) is 0 Å². The van der Waals surface area contributed by atoms with Gasteiger partial charge in [0.2, 0.25) is 11.8 Å². The van der Waals surface area contributed by atoms with Crippen LogP contribution < -0.4 is 15.4 Å². The summed E-state index contributed by atoms with van der Waals surface area (Å²) < 4.78 is 5.14. The Bertz CT molecular complexity index is 542. The molecule has 0 spiro atoms. The van der Waals surface area contributed by atoms with Gasteiger partial charge in [-0.3, -0.25) is 9.59 Å². The summed E-state index contributed by atoms with van der Waals surface area (Å²) in [6.45, 7) is 1.61. The van der Waals surface area contributed by atoms with E-state index in [9.17, 15) is 14.4 Å². The van der Waals surface area contributed by atoms with Crippen LogP contribution in [0.4, 0.5) is 0 Å². The number of para-hydroxylation sites is 1. The van der Waals surface area contributed by atoms with E-state index in [1.54, 1.807) is 12.1 Å². The average molecular weight is 276 g/mol. The van der Waals surface area contributed by atoms with Crippen LogP contribution in [0.1, 0.15) is 18.4 Å². The monoisotopic (exact) mass is 276 g/mol. The molecular weight excluding hydrogens is 260 g/mol.